The van der Waals surface area contributed by atoms with Gasteiger partial charge in [-0.1, -0.05) is 128 Å². The van der Waals surface area contributed by atoms with Crippen LogP contribution in [0.25, 0.3) is 0 Å². The number of aliphatic hydroxyl groups is 3. The van der Waals surface area contributed by atoms with Gasteiger partial charge < -0.3 is 45.1 Å². The van der Waals surface area contributed by atoms with Crippen LogP contribution in [0, 0.1) is 0 Å². The van der Waals surface area contributed by atoms with E-state index in [0.717, 1.165) is 75.0 Å². The summed E-state index contributed by atoms with van der Waals surface area (Å²) in [7, 11) is -10.9. The highest BCUT2D eigenvalue weighted by Gasteiger charge is 2.46. The van der Waals surface area contributed by atoms with Crippen molar-refractivity contribution >= 4 is 33.4 Å². The Hall–Kier alpha value is -4.88. The molecular formula is C54H81N3O16P2. The highest BCUT2D eigenvalue weighted by Crippen LogP contribution is 2.60. The molecule has 0 bridgehead atoms. The van der Waals surface area contributed by atoms with Crippen LogP contribution in [0.3, 0.4) is 0 Å². The fourth-order valence-electron chi connectivity index (χ4n) is 6.64. The molecule has 21 heteroatoms. The van der Waals surface area contributed by atoms with Gasteiger partial charge in [0.05, 0.1) is 19.3 Å². The summed E-state index contributed by atoms with van der Waals surface area (Å²) in [6.45, 7) is 1.44. The molecule has 0 aliphatic carbocycles. The molecule has 0 spiro atoms. The molecule has 1 aromatic rings. The number of aliphatic hydroxyl groups excluding tert-OH is 3. The van der Waals surface area contributed by atoms with Gasteiger partial charge in [-0.05, 0) is 109 Å². The molecule has 1 aliphatic heterocycles. The predicted octanol–water partition coefficient (Wildman–Crippen LogP) is 9.74. The van der Waals surface area contributed by atoms with Crippen LogP contribution in [-0.2, 0) is 46.3 Å². The van der Waals surface area contributed by atoms with Gasteiger partial charge in [0.2, 0.25) is 0 Å². The normalized spacial score (nSPS) is 20.2. The number of hydrogen-bond acceptors (Lipinski definition) is 16. The minimum absolute atomic E-state index is 0.0241. The van der Waals surface area contributed by atoms with E-state index in [0.29, 0.717) is 32.1 Å². The molecule has 1 aliphatic rings. The van der Waals surface area contributed by atoms with E-state index < -0.39 is 83.7 Å². The van der Waals surface area contributed by atoms with Crippen LogP contribution in [0.4, 0.5) is 5.82 Å². The lowest BCUT2D eigenvalue weighted by Crippen LogP contribution is -2.36. The van der Waals surface area contributed by atoms with Crippen molar-refractivity contribution in [3.8, 4) is 0 Å². The molecule has 0 saturated carbocycles. The van der Waals surface area contributed by atoms with Crippen molar-refractivity contribution in [1.82, 2.24) is 9.55 Å². The predicted molar refractivity (Wildman–Crippen MR) is 290 cm³/mol. The fourth-order valence-corrected chi connectivity index (χ4v) is 8.75. The smallest absolute Gasteiger partial charge is 0.462 e. The summed E-state index contributed by atoms with van der Waals surface area (Å²) < 4.78 is 56.6. The van der Waals surface area contributed by atoms with Crippen LogP contribution in [-0.4, -0.2) is 96.9 Å². The van der Waals surface area contributed by atoms with Gasteiger partial charge in [-0.25, -0.2) is 13.9 Å². The zero-order chi connectivity index (χ0) is 55.0. The molecule has 0 aromatic carbocycles. The topological polar surface area (TPSA) is 286 Å². The van der Waals surface area contributed by atoms with Gasteiger partial charge in [0.1, 0.15) is 30.7 Å². The molecular weight excluding hydrogens is 1010 g/mol. The monoisotopic (exact) mass is 1090 g/mol. The maximum atomic E-state index is 12.9. The molecule has 1 fully saturated rings. The molecule has 2 rings (SSSR count). The Morgan fingerprint density at radius 2 is 1.17 bits per heavy atom. The molecule has 8 atom stereocenters. The number of hydrogen-bond donors (Lipinski definition) is 6. The van der Waals surface area contributed by atoms with Crippen molar-refractivity contribution in [2.24, 2.45) is 0 Å². The number of rotatable bonds is 40. The van der Waals surface area contributed by atoms with Crippen LogP contribution >= 0.6 is 15.6 Å². The molecule has 2 unspecified atom stereocenters. The van der Waals surface area contributed by atoms with E-state index >= 15 is 0 Å². The number of nitrogen functional groups attached to an aromatic ring is 1. The second kappa shape index (κ2) is 40.4. The molecule has 0 amide bonds. The van der Waals surface area contributed by atoms with E-state index in [4.69, 9.17) is 29.0 Å². The number of ether oxygens (including phenoxy) is 3. The van der Waals surface area contributed by atoms with Crippen molar-refractivity contribution in [3.05, 3.63) is 144 Å². The Balaban J connectivity index is 1.86. The molecule has 1 aromatic heterocycles. The zero-order valence-electron chi connectivity index (χ0n) is 43.4. The average molecular weight is 1090 g/mol. The summed E-state index contributed by atoms with van der Waals surface area (Å²) in [5.74, 6) is -1.50. The number of carbonyl (C=O) groups is 2. The maximum Gasteiger partial charge on any atom is 0.481 e. The maximum absolute atomic E-state index is 12.9. The second-order valence-corrected chi connectivity index (χ2v) is 20.3. The van der Waals surface area contributed by atoms with Crippen LogP contribution in [0.1, 0.15) is 129 Å². The second-order valence-electron chi connectivity index (χ2n) is 17.2. The van der Waals surface area contributed by atoms with Crippen molar-refractivity contribution in [2.75, 3.05) is 25.6 Å². The summed E-state index contributed by atoms with van der Waals surface area (Å²) in [5.41, 5.74) is 4.57. The van der Waals surface area contributed by atoms with E-state index in [1.807, 2.05) is 42.5 Å². The summed E-state index contributed by atoms with van der Waals surface area (Å²) in [6, 6.07) is 1.24. The van der Waals surface area contributed by atoms with Gasteiger partial charge in [0.25, 0.3) is 0 Å². The third-order valence-corrected chi connectivity index (χ3v) is 13.2. The molecule has 2 heterocycles. The highest BCUT2D eigenvalue weighted by atomic mass is 31.3. The summed E-state index contributed by atoms with van der Waals surface area (Å²) in [6.07, 6.45) is 45.7. The number of nitrogens with zero attached hydrogens (tertiary/aromatic N) is 2. The van der Waals surface area contributed by atoms with Gasteiger partial charge in [0.15, 0.2) is 12.3 Å². The van der Waals surface area contributed by atoms with E-state index in [1.54, 1.807) is 6.92 Å². The van der Waals surface area contributed by atoms with Gasteiger partial charge in [-0.2, -0.15) is 9.29 Å². The SMILES string of the molecule is CC/C=C\C/C=C\C/C=C\C/C=C\C/C=C\C/C=C\CCC(=O)OC[C@H](COP(=O)(O)OP(=O)(O)OC[C@H]1O[C@@H](n2ccc(N)nc2=O)[C@H](O)[C@@H]1O)OC(=O)CCC/C=C\C/C=C\C/C=C\C/C=C\CCC[C@H](C)O. The lowest BCUT2D eigenvalue weighted by Gasteiger charge is -2.21. The molecule has 1 saturated heterocycles. The highest BCUT2D eigenvalue weighted by molar-refractivity contribution is 7.61. The third kappa shape index (κ3) is 33.7. The fraction of sp³-hybridized carbons (Fsp3) is 0.519. The summed E-state index contributed by atoms with van der Waals surface area (Å²) in [4.78, 5) is 61.9. The number of carbonyl (C=O) groups excluding carboxylic acids is 2. The number of phosphoric ester groups is 2. The van der Waals surface area contributed by atoms with Crippen molar-refractivity contribution < 1.29 is 71.4 Å². The number of unbranched alkanes of at least 4 members (excludes halogenated alkanes) is 2. The first-order chi connectivity index (χ1) is 36.0. The summed E-state index contributed by atoms with van der Waals surface area (Å²) in [5, 5.41) is 30.2. The Morgan fingerprint density at radius 3 is 1.68 bits per heavy atom. The summed E-state index contributed by atoms with van der Waals surface area (Å²) >= 11 is 0. The van der Waals surface area contributed by atoms with Gasteiger partial charge >= 0.3 is 33.3 Å². The van der Waals surface area contributed by atoms with E-state index in [-0.39, 0.29) is 24.8 Å². The first-order valence-corrected chi connectivity index (χ1v) is 28.6. The zero-order valence-corrected chi connectivity index (χ0v) is 45.2. The van der Waals surface area contributed by atoms with Crippen molar-refractivity contribution in [2.45, 2.75) is 160 Å². The Kier molecular flexibility index (Phi) is 35.7. The Bertz CT molecular complexity index is 2250. The standard InChI is InChI=1S/C54H81N3O16P2/c1-3-4-5-6-7-8-9-10-11-12-13-14-17-20-23-26-29-32-35-38-49(59)68-42-46(71-50(60)39-36-33-30-27-24-21-18-15-16-19-22-25-28-31-34-37-45(2)58)43-69-74(64,65)73-75(66,67)70-44-47-51(61)52(62)53(72-47)57-41-40-48(55)56-54(57)63/h4-5,7-8,10-11,13-14,16,18-21,23,25,27-30,32,40-41,45-47,51-53,58,61-62H,3,6,9,12,15,17,22,24,26,31,33-39,42-44H2,1-2H3,(H,64,65)(H,66,67)(H2,55,56,63)/b5-4-,8-7-,11-10-,14-13-,19-16-,21-18-,23-20-,28-25-,30-27-,32-29-/t45-,46+,47+,51+,52+,53+/m0/s1. The number of nitrogens with two attached hydrogens (primary N) is 1. The minimum atomic E-state index is -5.47. The van der Waals surface area contributed by atoms with Crippen LogP contribution in [0.5, 0.6) is 0 Å². The number of phosphoric acid groups is 2. The number of aromatic nitrogens is 2. The van der Waals surface area contributed by atoms with Crippen LogP contribution in [0.2, 0.25) is 0 Å². The number of anilines is 1. The van der Waals surface area contributed by atoms with Crippen LogP contribution < -0.4 is 11.4 Å². The lowest BCUT2D eigenvalue weighted by atomic mass is 10.1. The molecule has 418 valence electrons. The minimum Gasteiger partial charge on any atom is -0.462 e. The molecule has 0 radical (unpaired) electrons. The van der Waals surface area contributed by atoms with Crippen molar-refractivity contribution in [3.63, 3.8) is 0 Å². The van der Waals surface area contributed by atoms with Gasteiger partial charge in [-0.15, -0.1) is 0 Å². The van der Waals surface area contributed by atoms with Gasteiger partial charge in [-0.3, -0.25) is 23.2 Å². The van der Waals surface area contributed by atoms with E-state index in [2.05, 4.69) is 95.2 Å². The number of allylic oxidation sites excluding steroid dienone is 20. The van der Waals surface area contributed by atoms with Gasteiger partial charge in [0, 0.05) is 19.0 Å². The molecule has 7 N–H and O–H groups in total. The van der Waals surface area contributed by atoms with Crippen molar-refractivity contribution in [1.29, 1.82) is 0 Å². The Labute approximate surface area is 442 Å². The van der Waals surface area contributed by atoms with E-state index in [1.165, 1.54) is 6.07 Å². The average Bonchev–Trinajstić information content (AvgIpc) is 3.64. The first kappa shape index (κ1) is 66.2. The quantitative estimate of drug-likeness (QED) is 0.0154. The van der Waals surface area contributed by atoms with Crippen LogP contribution in [0.15, 0.2) is 139 Å². The third-order valence-electron chi connectivity index (χ3n) is 10.6. The largest absolute Gasteiger partial charge is 0.481 e. The molecule has 75 heavy (non-hydrogen) atoms. The lowest BCUT2D eigenvalue weighted by molar-refractivity contribution is -0.161. The molecule has 19 nitrogen and oxygen atoms in total. The number of esters is 2. The Morgan fingerprint density at radius 1 is 0.693 bits per heavy atom. The first-order valence-electron chi connectivity index (χ1n) is 25.6. The van der Waals surface area contributed by atoms with E-state index in [9.17, 15) is 48.6 Å².